The molecule has 0 bridgehead atoms. The molecule has 0 heterocycles. The van der Waals surface area contributed by atoms with Gasteiger partial charge in [0.25, 0.3) is 0 Å². The highest BCUT2D eigenvalue weighted by Crippen LogP contribution is 2.39. The molecule has 0 saturated heterocycles. The lowest BCUT2D eigenvalue weighted by atomic mass is 10.1. The first kappa shape index (κ1) is 19.9. The SMILES string of the molecule is CCOc1cc(C(=O)OCc2ccc(Cl)cc2)cc(OCC)c1OCC. The normalized spacial score (nSPS) is 10.3. The molecule has 0 amide bonds. The number of hydrogen-bond donors (Lipinski definition) is 0. The number of carbonyl (C=O) groups is 1. The van der Waals surface area contributed by atoms with Gasteiger partial charge in [0.2, 0.25) is 5.75 Å². The van der Waals surface area contributed by atoms with E-state index < -0.39 is 5.97 Å². The van der Waals surface area contributed by atoms with Gasteiger partial charge in [-0.15, -0.1) is 0 Å². The summed E-state index contributed by atoms with van der Waals surface area (Å²) in [5.74, 6) is 0.938. The zero-order valence-electron chi connectivity index (χ0n) is 15.2. The summed E-state index contributed by atoms with van der Waals surface area (Å²) in [6.45, 7) is 7.09. The Labute approximate surface area is 158 Å². The zero-order chi connectivity index (χ0) is 18.9. The summed E-state index contributed by atoms with van der Waals surface area (Å²) >= 11 is 5.86. The lowest BCUT2D eigenvalue weighted by Gasteiger charge is -2.16. The Bertz CT molecular complexity index is 700. The Morgan fingerprint density at radius 1 is 0.885 bits per heavy atom. The third-order valence-electron chi connectivity index (χ3n) is 3.43. The molecule has 0 atom stereocenters. The zero-order valence-corrected chi connectivity index (χ0v) is 16.0. The van der Waals surface area contributed by atoms with Crippen LogP contribution in [0.15, 0.2) is 36.4 Å². The maximum atomic E-state index is 12.5. The third kappa shape index (κ3) is 5.30. The van der Waals surface area contributed by atoms with Crippen molar-refractivity contribution in [2.24, 2.45) is 0 Å². The number of hydrogen-bond acceptors (Lipinski definition) is 5. The summed E-state index contributed by atoms with van der Waals surface area (Å²) in [5.41, 5.74) is 1.19. The van der Waals surface area contributed by atoms with Crippen molar-refractivity contribution in [1.29, 1.82) is 0 Å². The second-order valence-corrected chi connectivity index (χ2v) is 5.74. The van der Waals surface area contributed by atoms with Crippen molar-refractivity contribution in [1.82, 2.24) is 0 Å². The van der Waals surface area contributed by atoms with Crippen LogP contribution < -0.4 is 14.2 Å². The Hall–Kier alpha value is -2.40. The van der Waals surface area contributed by atoms with Crippen LogP contribution in [0, 0.1) is 0 Å². The monoisotopic (exact) mass is 378 g/mol. The van der Waals surface area contributed by atoms with Gasteiger partial charge in [-0.25, -0.2) is 4.79 Å². The van der Waals surface area contributed by atoms with Gasteiger partial charge in [-0.2, -0.15) is 0 Å². The summed E-state index contributed by atoms with van der Waals surface area (Å²) in [4.78, 5) is 12.5. The van der Waals surface area contributed by atoms with Crippen LogP contribution in [0.25, 0.3) is 0 Å². The number of carbonyl (C=O) groups excluding carboxylic acids is 1. The van der Waals surface area contributed by atoms with Crippen molar-refractivity contribution >= 4 is 17.6 Å². The van der Waals surface area contributed by atoms with Gasteiger partial charge in [0.05, 0.1) is 25.4 Å². The fourth-order valence-electron chi connectivity index (χ4n) is 2.32. The van der Waals surface area contributed by atoms with Crippen molar-refractivity contribution in [3.8, 4) is 17.2 Å². The van der Waals surface area contributed by atoms with Crippen LogP contribution in [-0.4, -0.2) is 25.8 Å². The first-order valence-corrected chi connectivity index (χ1v) is 8.94. The summed E-state index contributed by atoms with van der Waals surface area (Å²) in [7, 11) is 0. The van der Waals surface area contributed by atoms with E-state index in [2.05, 4.69) is 0 Å². The van der Waals surface area contributed by atoms with Crippen LogP contribution in [0.5, 0.6) is 17.2 Å². The van der Waals surface area contributed by atoms with Crippen LogP contribution >= 0.6 is 11.6 Å². The Morgan fingerprint density at radius 3 is 1.92 bits per heavy atom. The minimum Gasteiger partial charge on any atom is -0.490 e. The summed E-state index contributed by atoms with van der Waals surface area (Å²) in [5, 5.41) is 0.634. The molecule has 140 valence electrons. The molecular formula is C20H23ClO5. The number of esters is 1. The summed E-state index contributed by atoms with van der Waals surface area (Å²) in [6, 6.07) is 10.3. The quantitative estimate of drug-likeness (QED) is 0.581. The summed E-state index contributed by atoms with van der Waals surface area (Å²) in [6.07, 6.45) is 0. The third-order valence-corrected chi connectivity index (χ3v) is 3.68. The van der Waals surface area contributed by atoms with Crippen molar-refractivity contribution in [3.63, 3.8) is 0 Å². The van der Waals surface area contributed by atoms with Crippen molar-refractivity contribution in [3.05, 3.63) is 52.5 Å². The molecule has 2 rings (SSSR count). The van der Waals surface area contributed by atoms with Gasteiger partial charge in [-0.3, -0.25) is 0 Å². The highest BCUT2D eigenvalue weighted by Gasteiger charge is 2.19. The van der Waals surface area contributed by atoms with E-state index >= 15 is 0 Å². The van der Waals surface area contributed by atoms with Crippen LogP contribution in [0.1, 0.15) is 36.7 Å². The van der Waals surface area contributed by atoms with Crippen LogP contribution in [0.4, 0.5) is 0 Å². The molecule has 0 N–H and O–H groups in total. The second kappa shape index (κ2) is 9.92. The molecule has 0 saturated carbocycles. The average Bonchev–Trinajstić information content (AvgIpc) is 2.63. The molecule has 0 spiro atoms. The average molecular weight is 379 g/mol. The molecule has 0 aromatic heterocycles. The number of rotatable bonds is 9. The smallest absolute Gasteiger partial charge is 0.338 e. The Balaban J connectivity index is 2.22. The predicted octanol–water partition coefficient (Wildman–Crippen LogP) is 4.89. The standard InChI is InChI=1S/C20H23ClO5/c1-4-23-17-11-15(12-18(24-5-2)19(17)25-6-3)20(22)26-13-14-7-9-16(21)10-8-14/h7-12H,4-6,13H2,1-3H3. The molecule has 0 radical (unpaired) electrons. The molecule has 0 aliphatic heterocycles. The summed E-state index contributed by atoms with van der Waals surface area (Å²) < 4.78 is 22.3. The van der Waals surface area contributed by atoms with Crippen molar-refractivity contribution in [2.75, 3.05) is 19.8 Å². The van der Waals surface area contributed by atoms with Gasteiger partial charge in [0.15, 0.2) is 11.5 Å². The second-order valence-electron chi connectivity index (χ2n) is 5.30. The van der Waals surface area contributed by atoms with Crippen molar-refractivity contribution in [2.45, 2.75) is 27.4 Å². The van der Waals surface area contributed by atoms with Crippen LogP contribution in [0.3, 0.4) is 0 Å². The van der Waals surface area contributed by atoms with Gasteiger partial charge < -0.3 is 18.9 Å². The fourth-order valence-corrected chi connectivity index (χ4v) is 2.45. The van der Waals surface area contributed by atoms with E-state index in [-0.39, 0.29) is 6.61 Å². The van der Waals surface area contributed by atoms with Gasteiger partial charge in [0, 0.05) is 5.02 Å². The van der Waals surface area contributed by atoms with Gasteiger partial charge in [-0.1, -0.05) is 23.7 Å². The van der Waals surface area contributed by atoms with E-state index in [1.807, 2.05) is 32.9 Å². The first-order valence-electron chi connectivity index (χ1n) is 8.57. The molecule has 0 aliphatic carbocycles. The molecule has 6 heteroatoms. The largest absolute Gasteiger partial charge is 0.490 e. The van der Waals surface area contributed by atoms with E-state index in [0.717, 1.165) is 5.56 Å². The minimum absolute atomic E-state index is 0.150. The number of benzene rings is 2. The lowest BCUT2D eigenvalue weighted by molar-refractivity contribution is 0.0471. The lowest BCUT2D eigenvalue weighted by Crippen LogP contribution is -2.08. The minimum atomic E-state index is -0.468. The molecule has 0 fully saturated rings. The van der Waals surface area contributed by atoms with E-state index in [9.17, 15) is 4.79 Å². The molecule has 2 aromatic rings. The van der Waals surface area contributed by atoms with Gasteiger partial charge in [-0.05, 0) is 50.6 Å². The molecule has 26 heavy (non-hydrogen) atoms. The Kier molecular flexibility index (Phi) is 7.60. The van der Waals surface area contributed by atoms with Crippen LogP contribution in [-0.2, 0) is 11.3 Å². The number of ether oxygens (including phenoxy) is 4. The van der Waals surface area contributed by atoms with Gasteiger partial charge in [0.1, 0.15) is 6.61 Å². The molecule has 0 aliphatic rings. The molecule has 5 nitrogen and oxygen atoms in total. The first-order chi connectivity index (χ1) is 12.6. The highest BCUT2D eigenvalue weighted by atomic mass is 35.5. The molecular weight excluding hydrogens is 356 g/mol. The van der Waals surface area contributed by atoms with Crippen LogP contribution in [0.2, 0.25) is 5.02 Å². The predicted molar refractivity (Wildman–Crippen MR) is 101 cm³/mol. The van der Waals surface area contributed by atoms with E-state index in [0.29, 0.717) is 47.7 Å². The van der Waals surface area contributed by atoms with E-state index in [1.165, 1.54) is 0 Å². The van der Waals surface area contributed by atoms with Gasteiger partial charge >= 0.3 is 5.97 Å². The number of halogens is 1. The topological polar surface area (TPSA) is 54.0 Å². The highest BCUT2D eigenvalue weighted by molar-refractivity contribution is 6.30. The fraction of sp³-hybridized carbons (Fsp3) is 0.350. The van der Waals surface area contributed by atoms with Crippen molar-refractivity contribution < 1.29 is 23.7 Å². The van der Waals surface area contributed by atoms with E-state index in [1.54, 1.807) is 24.3 Å². The van der Waals surface area contributed by atoms with E-state index in [4.69, 9.17) is 30.5 Å². The Morgan fingerprint density at radius 2 is 1.42 bits per heavy atom. The molecule has 2 aromatic carbocycles. The molecule has 0 unspecified atom stereocenters. The maximum Gasteiger partial charge on any atom is 0.338 e. The maximum absolute atomic E-state index is 12.5.